The van der Waals surface area contributed by atoms with Crippen LogP contribution in [0.15, 0.2) is 16.6 Å². The Hall–Kier alpha value is -0.740. The third-order valence-electron chi connectivity index (χ3n) is 3.09. The summed E-state index contributed by atoms with van der Waals surface area (Å²) in [5, 5.41) is 10.2. The van der Waals surface area contributed by atoms with Crippen LogP contribution in [0.4, 0.5) is 0 Å². The maximum absolute atomic E-state index is 10.2. The van der Waals surface area contributed by atoms with E-state index in [2.05, 4.69) is 22.9 Å². The molecule has 0 saturated heterocycles. The number of benzene rings is 1. The van der Waals surface area contributed by atoms with Gasteiger partial charge < -0.3 is 14.6 Å². The van der Waals surface area contributed by atoms with Gasteiger partial charge in [0.1, 0.15) is 13.2 Å². The zero-order valence-electron chi connectivity index (χ0n) is 10.6. The first kappa shape index (κ1) is 13.7. The first-order chi connectivity index (χ1) is 8.72. The molecule has 0 radical (unpaired) electrons. The summed E-state index contributed by atoms with van der Waals surface area (Å²) in [6.07, 6.45) is 3.73. The highest BCUT2D eigenvalue weighted by atomic mass is 79.9. The van der Waals surface area contributed by atoms with Crippen molar-refractivity contribution in [1.29, 1.82) is 0 Å². The molecule has 1 aliphatic rings. The average molecular weight is 315 g/mol. The van der Waals surface area contributed by atoms with Crippen LogP contribution in [-0.4, -0.2) is 18.3 Å². The third-order valence-corrected chi connectivity index (χ3v) is 3.67. The molecule has 0 amide bonds. The number of hydrogen-bond donors (Lipinski definition) is 1. The Balaban J connectivity index is 2.11. The van der Waals surface area contributed by atoms with Gasteiger partial charge in [0.15, 0.2) is 11.5 Å². The molecule has 18 heavy (non-hydrogen) atoms. The van der Waals surface area contributed by atoms with Gasteiger partial charge in [-0.2, -0.15) is 0 Å². The van der Waals surface area contributed by atoms with E-state index in [1.165, 1.54) is 0 Å². The van der Waals surface area contributed by atoms with Crippen LogP contribution in [0, 0.1) is 0 Å². The number of rotatable bonds is 5. The topological polar surface area (TPSA) is 38.7 Å². The Bertz CT molecular complexity index is 406. The van der Waals surface area contributed by atoms with E-state index in [0.717, 1.165) is 47.2 Å². The van der Waals surface area contributed by atoms with Crippen LogP contribution in [0.1, 0.15) is 44.3 Å². The number of aliphatic hydroxyl groups excluding tert-OH is 1. The standard InChI is InChI=1S/C14H19BrO3/c1-2-3-4-5-12(16)10-8-11(15)14-13(9-10)17-6-7-18-14/h8-9,12,16H,2-7H2,1H3. The van der Waals surface area contributed by atoms with Gasteiger partial charge in [-0.1, -0.05) is 26.2 Å². The number of fused-ring (bicyclic) bond motifs is 1. The molecule has 0 spiro atoms. The van der Waals surface area contributed by atoms with Crippen molar-refractivity contribution < 1.29 is 14.6 Å². The first-order valence-corrected chi connectivity index (χ1v) is 7.28. The minimum Gasteiger partial charge on any atom is -0.486 e. The summed E-state index contributed by atoms with van der Waals surface area (Å²) in [7, 11) is 0. The zero-order valence-corrected chi connectivity index (χ0v) is 12.2. The molecule has 1 heterocycles. The van der Waals surface area contributed by atoms with Crippen LogP contribution in [0.2, 0.25) is 0 Å². The maximum atomic E-state index is 10.2. The van der Waals surface area contributed by atoms with Crippen molar-refractivity contribution in [2.75, 3.05) is 13.2 Å². The van der Waals surface area contributed by atoms with E-state index in [-0.39, 0.29) is 0 Å². The van der Waals surface area contributed by atoms with Crippen molar-refractivity contribution in [3.05, 3.63) is 22.2 Å². The van der Waals surface area contributed by atoms with Gasteiger partial charge in [0.05, 0.1) is 10.6 Å². The summed E-state index contributed by atoms with van der Waals surface area (Å²) >= 11 is 3.47. The smallest absolute Gasteiger partial charge is 0.175 e. The highest BCUT2D eigenvalue weighted by molar-refractivity contribution is 9.10. The normalized spacial score (nSPS) is 15.5. The molecule has 0 aliphatic carbocycles. The average Bonchev–Trinajstić information content (AvgIpc) is 2.39. The Morgan fingerprint density at radius 2 is 2.06 bits per heavy atom. The molecule has 0 saturated carbocycles. The van der Waals surface area contributed by atoms with Crippen LogP contribution in [0.3, 0.4) is 0 Å². The van der Waals surface area contributed by atoms with E-state index in [1.807, 2.05) is 12.1 Å². The van der Waals surface area contributed by atoms with Gasteiger partial charge >= 0.3 is 0 Å². The molecule has 1 aromatic carbocycles. The van der Waals surface area contributed by atoms with Crippen molar-refractivity contribution in [1.82, 2.24) is 0 Å². The van der Waals surface area contributed by atoms with E-state index in [1.54, 1.807) is 0 Å². The Kier molecular flexibility index (Phi) is 4.89. The summed E-state index contributed by atoms with van der Waals surface area (Å²) in [6.45, 7) is 3.30. The lowest BCUT2D eigenvalue weighted by atomic mass is 10.0. The van der Waals surface area contributed by atoms with Crippen LogP contribution in [0.5, 0.6) is 11.5 Å². The Morgan fingerprint density at radius 1 is 1.28 bits per heavy atom. The second kappa shape index (κ2) is 6.43. The van der Waals surface area contributed by atoms with Crippen molar-refractivity contribution in [3.8, 4) is 11.5 Å². The van der Waals surface area contributed by atoms with Crippen molar-refractivity contribution >= 4 is 15.9 Å². The molecule has 1 unspecified atom stereocenters. The van der Waals surface area contributed by atoms with Crippen LogP contribution >= 0.6 is 15.9 Å². The van der Waals surface area contributed by atoms with Gasteiger partial charge in [-0.15, -0.1) is 0 Å². The summed E-state index contributed by atoms with van der Waals surface area (Å²) in [5.74, 6) is 1.46. The predicted octanol–water partition coefficient (Wildman–Crippen LogP) is 3.83. The summed E-state index contributed by atoms with van der Waals surface area (Å²) in [4.78, 5) is 0. The highest BCUT2D eigenvalue weighted by Crippen LogP contribution is 2.40. The Morgan fingerprint density at radius 3 is 2.83 bits per heavy atom. The second-order valence-electron chi connectivity index (χ2n) is 4.54. The predicted molar refractivity (Wildman–Crippen MR) is 74.2 cm³/mol. The quantitative estimate of drug-likeness (QED) is 0.839. The van der Waals surface area contributed by atoms with Gasteiger partial charge in [0.25, 0.3) is 0 Å². The number of unbranched alkanes of at least 4 members (excludes halogenated alkanes) is 2. The van der Waals surface area contributed by atoms with E-state index in [0.29, 0.717) is 13.2 Å². The lowest BCUT2D eigenvalue weighted by Crippen LogP contribution is -2.16. The molecule has 2 rings (SSSR count). The van der Waals surface area contributed by atoms with Gasteiger partial charge in [-0.05, 0) is 40.0 Å². The number of ether oxygens (including phenoxy) is 2. The van der Waals surface area contributed by atoms with Gasteiger partial charge in [0.2, 0.25) is 0 Å². The molecule has 1 atom stereocenters. The van der Waals surface area contributed by atoms with Crippen LogP contribution in [-0.2, 0) is 0 Å². The summed E-state index contributed by atoms with van der Waals surface area (Å²) in [5.41, 5.74) is 0.891. The molecule has 0 aromatic heterocycles. The molecule has 100 valence electrons. The SMILES string of the molecule is CCCCCC(O)c1cc(Br)c2c(c1)OCCO2. The van der Waals surface area contributed by atoms with E-state index in [9.17, 15) is 5.11 Å². The first-order valence-electron chi connectivity index (χ1n) is 6.49. The monoisotopic (exact) mass is 314 g/mol. The molecule has 3 nitrogen and oxygen atoms in total. The highest BCUT2D eigenvalue weighted by Gasteiger charge is 2.18. The van der Waals surface area contributed by atoms with Gasteiger partial charge in [-0.25, -0.2) is 0 Å². The maximum Gasteiger partial charge on any atom is 0.175 e. The fourth-order valence-corrected chi connectivity index (χ4v) is 2.65. The van der Waals surface area contributed by atoms with E-state index < -0.39 is 6.10 Å². The van der Waals surface area contributed by atoms with Gasteiger partial charge in [-0.3, -0.25) is 0 Å². The lowest BCUT2D eigenvalue weighted by molar-refractivity contribution is 0.156. The number of halogens is 1. The largest absolute Gasteiger partial charge is 0.486 e. The number of aliphatic hydroxyl groups is 1. The molecular weight excluding hydrogens is 296 g/mol. The molecule has 1 N–H and O–H groups in total. The minimum atomic E-state index is -0.427. The van der Waals surface area contributed by atoms with E-state index in [4.69, 9.17) is 9.47 Å². The second-order valence-corrected chi connectivity index (χ2v) is 5.39. The Labute approximate surface area is 116 Å². The molecule has 1 aromatic rings. The fourth-order valence-electron chi connectivity index (χ4n) is 2.08. The van der Waals surface area contributed by atoms with Gasteiger partial charge in [0, 0.05) is 0 Å². The molecule has 0 fully saturated rings. The summed E-state index contributed by atoms with van der Waals surface area (Å²) in [6, 6.07) is 3.81. The molecule has 4 heteroatoms. The molecule has 1 aliphatic heterocycles. The minimum absolute atomic E-state index is 0.427. The van der Waals surface area contributed by atoms with Crippen molar-refractivity contribution in [3.63, 3.8) is 0 Å². The molecular formula is C14H19BrO3. The molecule has 0 bridgehead atoms. The number of hydrogen-bond acceptors (Lipinski definition) is 3. The van der Waals surface area contributed by atoms with Crippen molar-refractivity contribution in [2.24, 2.45) is 0 Å². The fraction of sp³-hybridized carbons (Fsp3) is 0.571. The van der Waals surface area contributed by atoms with Crippen LogP contribution < -0.4 is 9.47 Å². The zero-order chi connectivity index (χ0) is 13.0. The third kappa shape index (κ3) is 3.18. The van der Waals surface area contributed by atoms with Crippen LogP contribution in [0.25, 0.3) is 0 Å². The lowest BCUT2D eigenvalue weighted by Gasteiger charge is -2.21. The van der Waals surface area contributed by atoms with E-state index >= 15 is 0 Å². The summed E-state index contributed by atoms with van der Waals surface area (Å²) < 4.78 is 11.9. The van der Waals surface area contributed by atoms with Crippen molar-refractivity contribution in [2.45, 2.75) is 38.7 Å².